The van der Waals surface area contributed by atoms with Crippen molar-refractivity contribution in [3.63, 3.8) is 0 Å². The Kier molecular flexibility index (Phi) is 4.04. The summed E-state index contributed by atoms with van der Waals surface area (Å²) in [6.07, 6.45) is -0.482. The number of carbonyl (C=O) groups excluding carboxylic acids is 1. The van der Waals surface area contributed by atoms with Crippen LogP contribution in [0, 0.1) is 6.92 Å². The van der Waals surface area contributed by atoms with E-state index in [1.54, 1.807) is 0 Å². The van der Waals surface area contributed by atoms with E-state index in [1.807, 2.05) is 34.6 Å². The van der Waals surface area contributed by atoms with E-state index in [4.69, 9.17) is 9.47 Å². The van der Waals surface area contributed by atoms with Crippen LogP contribution in [0.5, 0.6) is 0 Å². The number of amides is 1. The van der Waals surface area contributed by atoms with E-state index in [9.17, 15) is 4.79 Å². The number of fused-ring (bicyclic) bond motifs is 1. The van der Waals surface area contributed by atoms with Crippen LogP contribution in [0.15, 0.2) is 18.2 Å². The lowest BCUT2D eigenvalue weighted by molar-refractivity contribution is 0.00252. The molecule has 1 aliphatic heterocycles. The molecule has 1 aromatic carbocycles. The second-order valence-electron chi connectivity index (χ2n) is 6.34. The number of aryl methyl sites for hydroxylation is 1. The van der Waals surface area contributed by atoms with Gasteiger partial charge in [-0.25, -0.2) is 4.79 Å². The maximum atomic E-state index is 12.0. The third-order valence-corrected chi connectivity index (χ3v) is 3.28. The minimum atomic E-state index is -0.502. The molecule has 0 saturated heterocycles. The highest BCUT2D eigenvalue weighted by Gasteiger charge is 2.30. The van der Waals surface area contributed by atoms with Crippen molar-refractivity contribution < 1.29 is 14.3 Å². The molecule has 2 atom stereocenters. The van der Waals surface area contributed by atoms with Crippen LogP contribution in [0.25, 0.3) is 0 Å². The zero-order valence-corrected chi connectivity index (χ0v) is 12.8. The minimum absolute atomic E-state index is 0.0724. The van der Waals surface area contributed by atoms with Crippen LogP contribution in [-0.4, -0.2) is 17.8 Å². The van der Waals surface area contributed by atoms with E-state index in [-0.39, 0.29) is 12.1 Å². The monoisotopic (exact) mass is 277 g/mol. The van der Waals surface area contributed by atoms with Gasteiger partial charge in [0.25, 0.3) is 0 Å². The normalized spacial score (nSPS) is 22.1. The van der Waals surface area contributed by atoms with E-state index >= 15 is 0 Å². The van der Waals surface area contributed by atoms with Gasteiger partial charge < -0.3 is 14.8 Å². The fourth-order valence-corrected chi connectivity index (χ4v) is 2.34. The molecule has 1 aliphatic rings. The summed E-state index contributed by atoms with van der Waals surface area (Å²) in [7, 11) is 0. The maximum Gasteiger partial charge on any atom is 0.408 e. The van der Waals surface area contributed by atoms with Gasteiger partial charge in [0.05, 0.1) is 18.8 Å². The predicted molar refractivity (Wildman–Crippen MR) is 77.5 cm³/mol. The highest BCUT2D eigenvalue weighted by Crippen LogP contribution is 2.30. The Labute approximate surface area is 120 Å². The van der Waals surface area contributed by atoms with Crippen molar-refractivity contribution in [1.82, 2.24) is 5.32 Å². The van der Waals surface area contributed by atoms with E-state index in [0.29, 0.717) is 6.61 Å². The average molecular weight is 277 g/mol. The van der Waals surface area contributed by atoms with Gasteiger partial charge in [-0.15, -0.1) is 0 Å². The van der Waals surface area contributed by atoms with Crippen LogP contribution >= 0.6 is 0 Å². The number of benzene rings is 1. The molecule has 20 heavy (non-hydrogen) atoms. The maximum absolute atomic E-state index is 12.0. The highest BCUT2D eigenvalue weighted by molar-refractivity contribution is 5.68. The Morgan fingerprint density at radius 2 is 2.10 bits per heavy atom. The molecule has 1 aromatic rings. The Hall–Kier alpha value is -1.55. The number of hydrogen-bond acceptors (Lipinski definition) is 3. The Bertz CT molecular complexity index is 505. The predicted octanol–water partition coefficient (Wildman–Crippen LogP) is 3.48. The summed E-state index contributed by atoms with van der Waals surface area (Å²) in [6, 6.07) is 6.05. The lowest BCUT2D eigenvalue weighted by Crippen LogP contribution is -2.41. The molecule has 4 nitrogen and oxygen atoms in total. The first kappa shape index (κ1) is 14.9. The Balaban J connectivity index is 2.19. The summed E-state index contributed by atoms with van der Waals surface area (Å²) in [5, 5.41) is 2.92. The zero-order chi connectivity index (χ0) is 14.9. The summed E-state index contributed by atoms with van der Waals surface area (Å²) in [5.41, 5.74) is 2.91. The smallest absolute Gasteiger partial charge is 0.408 e. The number of alkyl carbamates (subject to hydrolysis) is 1. The van der Waals surface area contributed by atoms with E-state index in [1.165, 1.54) is 5.56 Å². The van der Waals surface area contributed by atoms with Gasteiger partial charge in [-0.05, 0) is 45.7 Å². The Morgan fingerprint density at radius 3 is 2.75 bits per heavy atom. The summed E-state index contributed by atoms with van der Waals surface area (Å²) in [5.74, 6) is 0. The summed E-state index contributed by atoms with van der Waals surface area (Å²) in [4.78, 5) is 12.0. The molecule has 2 rings (SSSR count). The summed E-state index contributed by atoms with van der Waals surface area (Å²) < 4.78 is 11.0. The molecule has 1 N–H and O–H groups in total. The van der Waals surface area contributed by atoms with Gasteiger partial charge in [0, 0.05) is 0 Å². The molecule has 1 heterocycles. The largest absolute Gasteiger partial charge is 0.444 e. The molecule has 0 saturated carbocycles. The van der Waals surface area contributed by atoms with Crippen LogP contribution in [0.1, 0.15) is 50.4 Å². The van der Waals surface area contributed by atoms with Gasteiger partial charge in [-0.1, -0.05) is 23.8 Å². The van der Waals surface area contributed by atoms with Gasteiger partial charge in [-0.2, -0.15) is 0 Å². The van der Waals surface area contributed by atoms with Gasteiger partial charge in [0.1, 0.15) is 5.60 Å². The molecule has 0 spiro atoms. The first-order chi connectivity index (χ1) is 9.26. The third kappa shape index (κ3) is 3.51. The zero-order valence-electron chi connectivity index (χ0n) is 12.8. The molecule has 0 aliphatic carbocycles. The number of rotatable bonds is 1. The minimum Gasteiger partial charge on any atom is -0.444 e. The average Bonchev–Trinajstić information content (AvgIpc) is 2.31. The van der Waals surface area contributed by atoms with Crippen molar-refractivity contribution in [1.29, 1.82) is 0 Å². The molecule has 4 heteroatoms. The lowest BCUT2D eigenvalue weighted by atomic mass is 9.93. The topological polar surface area (TPSA) is 47.6 Å². The number of hydrogen-bond donors (Lipinski definition) is 1. The standard InChI is InChI=1S/C16H23NO3/c1-10-6-7-12-9-19-11(2)14(13(12)8-10)17-15(18)20-16(3,4)5/h6-8,11,14H,9H2,1-5H3,(H,17,18)/t11-,14-/m1/s1. The number of nitrogens with one attached hydrogen (secondary N) is 1. The summed E-state index contributed by atoms with van der Waals surface area (Å²) in [6.45, 7) is 10.2. The van der Waals surface area contributed by atoms with Crippen LogP contribution in [0.3, 0.4) is 0 Å². The van der Waals surface area contributed by atoms with Gasteiger partial charge >= 0.3 is 6.09 Å². The van der Waals surface area contributed by atoms with Crippen molar-refractivity contribution in [3.05, 3.63) is 34.9 Å². The molecule has 0 unspecified atom stereocenters. The molecule has 0 radical (unpaired) electrons. The van der Waals surface area contributed by atoms with E-state index in [0.717, 1.165) is 11.1 Å². The SMILES string of the molecule is Cc1ccc2c(c1)[C@H](NC(=O)OC(C)(C)C)[C@@H](C)OC2. The van der Waals surface area contributed by atoms with E-state index < -0.39 is 11.7 Å². The van der Waals surface area contributed by atoms with Crippen LogP contribution < -0.4 is 5.32 Å². The van der Waals surface area contributed by atoms with Crippen molar-refractivity contribution in [2.24, 2.45) is 0 Å². The van der Waals surface area contributed by atoms with Crippen LogP contribution in [-0.2, 0) is 16.1 Å². The van der Waals surface area contributed by atoms with Crippen LogP contribution in [0.2, 0.25) is 0 Å². The second-order valence-corrected chi connectivity index (χ2v) is 6.34. The fourth-order valence-electron chi connectivity index (χ4n) is 2.34. The molecular weight excluding hydrogens is 254 g/mol. The quantitative estimate of drug-likeness (QED) is 0.855. The van der Waals surface area contributed by atoms with Gasteiger partial charge in [0.2, 0.25) is 0 Å². The number of ether oxygens (including phenoxy) is 2. The first-order valence-electron chi connectivity index (χ1n) is 6.97. The molecule has 0 bridgehead atoms. The molecule has 0 aromatic heterocycles. The van der Waals surface area contributed by atoms with Crippen molar-refractivity contribution in [2.75, 3.05) is 0 Å². The highest BCUT2D eigenvalue weighted by atomic mass is 16.6. The van der Waals surface area contributed by atoms with Gasteiger partial charge in [0.15, 0.2) is 0 Å². The Morgan fingerprint density at radius 1 is 1.40 bits per heavy atom. The molecular formula is C16H23NO3. The first-order valence-corrected chi connectivity index (χ1v) is 6.97. The van der Waals surface area contributed by atoms with Crippen molar-refractivity contribution >= 4 is 6.09 Å². The molecule has 1 amide bonds. The van der Waals surface area contributed by atoms with Crippen LogP contribution in [0.4, 0.5) is 4.79 Å². The second kappa shape index (κ2) is 5.44. The number of carbonyl (C=O) groups is 1. The lowest BCUT2D eigenvalue weighted by Gasteiger charge is -2.33. The third-order valence-electron chi connectivity index (χ3n) is 3.28. The summed E-state index contributed by atoms with van der Waals surface area (Å²) >= 11 is 0. The van der Waals surface area contributed by atoms with Gasteiger partial charge in [-0.3, -0.25) is 0 Å². The van der Waals surface area contributed by atoms with E-state index in [2.05, 4.69) is 23.5 Å². The fraction of sp³-hybridized carbons (Fsp3) is 0.562. The van der Waals surface area contributed by atoms with Crippen molar-refractivity contribution in [3.8, 4) is 0 Å². The van der Waals surface area contributed by atoms with Crippen molar-refractivity contribution in [2.45, 2.75) is 59.0 Å². The molecule has 110 valence electrons. The molecule has 0 fully saturated rings.